The van der Waals surface area contributed by atoms with Crippen LogP contribution in [0.3, 0.4) is 0 Å². The molecule has 0 aliphatic carbocycles. The number of hydrogen-bond donors (Lipinski definition) is 2. The second-order valence-electron chi connectivity index (χ2n) is 7.97. The Balaban J connectivity index is 1.57. The Morgan fingerprint density at radius 2 is 2.00 bits per heavy atom. The van der Waals surface area contributed by atoms with E-state index in [0.29, 0.717) is 17.9 Å². The van der Waals surface area contributed by atoms with E-state index >= 15 is 0 Å². The molecule has 1 amide bonds. The second kappa shape index (κ2) is 8.09. The molecule has 0 spiro atoms. The molecule has 1 aliphatic heterocycles. The summed E-state index contributed by atoms with van der Waals surface area (Å²) in [6, 6.07) is 6.74. The zero-order valence-electron chi connectivity index (χ0n) is 17.9. The average molecular weight is 429 g/mol. The maximum absolute atomic E-state index is 13.4. The van der Waals surface area contributed by atoms with Crippen molar-refractivity contribution in [2.24, 2.45) is 0 Å². The Kier molecular flexibility index (Phi) is 5.47. The van der Waals surface area contributed by atoms with Crippen molar-refractivity contribution in [2.75, 3.05) is 10.6 Å². The molecule has 0 bridgehead atoms. The topological polar surface area (TPSA) is 89.7 Å². The highest BCUT2D eigenvalue weighted by molar-refractivity contribution is 6.02. The molecular formula is C21H25F2N7O. The van der Waals surface area contributed by atoms with Crippen molar-refractivity contribution in [3.05, 3.63) is 52.6 Å². The lowest BCUT2D eigenvalue weighted by Crippen LogP contribution is -2.33. The van der Waals surface area contributed by atoms with Gasteiger partial charge in [0.1, 0.15) is 6.04 Å². The van der Waals surface area contributed by atoms with Gasteiger partial charge in [-0.15, -0.1) is 5.10 Å². The summed E-state index contributed by atoms with van der Waals surface area (Å²) in [7, 11) is 0. The summed E-state index contributed by atoms with van der Waals surface area (Å²) < 4.78 is 29.8. The van der Waals surface area contributed by atoms with Crippen molar-refractivity contribution < 1.29 is 13.6 Å². The van der Waals surface area contributed by atoms with Gasteiger partial charge in [0.25, 0.3) is 12.3 Å². The van der Waals surface area contributed by atoms with Gasteiger partial charge in [-0.25, -0.2) is 13.5 Å². The zero-order valence-corrected chi connectivity index (χ0v) is 17.9. The molecule has 3 heterocycles. The van der Waals surface area contributed by atoms with Crippen LogP contribution in [-0.2, 0) is 6.54 Å². The Bertz CT molecular complexity index is 1120. The molecule has 2 atom stereocenters. The maximum atomic E-state index is 13.4. The Morgan fingerprint density at radius 1 is 1.26 bits per heavy atom. The predicted octanol–water partition coefficient (Wildman–Crippen LogP) is 3.71. The maximum Gasteiger partial charge on any atom is 0.295 e. The fourth-order valence-electron chi connectivity index (χ4n) is 3.85. The molecule has 0 saturated heterocycles. The number of carbonyl (C=O) groups is 1. The summed E-state index contributed by atoms with van der Waals surface area (Å²) in [5.41, 5.74) is 4.30. The lowest BCUT2D eigenvalue weighted by atomic mass is 10.1. The fraction of sp³-hybridized carbons (Fsp3) is 0.429. The van der Waals surface area contributed by atoms with E-state index in [2.05, 4.69) is 25.8 Å². The van der Waals surface area contributed by atoms with E-state index in [1.54, 1.807) is 13.8 Å². The number of amides is 1. The van der Waals surface area contributed by atoms with Gasteiger partial charge in [0.2, 0.25) is 11.8 Å². The molecule has 2 N–H and O–H groups in total. The molecular weight excluding hydrogens is 404 g/mol. The first-order valence-corrected chi connectivity index (χ1v) is 10.2. The number of rotatable bonds is 5. The fourth-order valence-corrected chi connectivity index (χ4v) is 3.85. The third-order valence-corrected chi connectivity index (χ3v) is 5.61. The molecule has 8 nitrogen and oxygen atoms in total. The summed E-state index contributed by atoms with van der Waals surface area (Å²) >= 11 is 0. The quantitative estimate of drug-likeness (QED) is 0.645. The minimum atomic E-state index is -2.59. The van der Waals surface area contributed by atoms with Crippen LogP contribution in [0.15, 0.2) is 24.3 Å². The van der Waals surface area contributed by atoms with Crippen LogP contribution in [0.5, 0.6) is 0 Å². The number of benzene rings is 1. The van der Waals surface area contributed by atoms with Crippen LogP contribution in [0.2, 0.25) is 0 Å². The van der Waals surface area contributed by atoms with Crippen LogP contribution < -0.4 is 10.6 Å². The third kappa shape index (κ3) is 4.01. The monoisotopic (exact) mass is 429 g/mol. The van der Waals surface area contributed by atoms with Crippen LogP contribution in [-0.4, -0.2) is 42.9 Å². The highest BCUT2D eigenvalue weighted by Crippen LogP contribution is 2.30. The number of aryl methyl sites for hydroxylation is 2. The molecule has 0 radical (unpaired) electrons. The molecule has 0 unspecified atom stereocenters. The van der Waals surface area contributed by atoms with Gasteiger partial charge < -0.3 is 10.6 Å². The van der Waals surface area contributed by atoms with Gasteiger partial charge in [0, 0.05) is 6.04 Å². The molecule has 164 valence electrons. The van der Waals surface area contributed by atoms with E-state index in [9.17, 15) is 13.6 Å². The Hall–Kier alpha value is -3.30. The van der Waals surface area contributed by atoms with Gasteiger partial charge in [0.15, 0.2) is 0 Å². The van der Waals surface area contributed by atoms with Gasteiger partial charge in [-0.3, -0.25) is 9.48 Å². The number of carbonyl (C=O) groups excluding carboxylic acids is 1. The average Bonchev–Trinajstić information content (AvgIpc) is 3.25. The second-order valence-corrected chi connectivity index (χ2v) is 7.97. The van der Waals surface area contributed by atoms with E-state index < -0.39 is 18.4 Å². The van der Waals surface area contributed by atoms with Gasteiger partial charge in [0.05, 0.1) is 23.6 Å². The van der Waals surface area contributed by atoms with E-state index in [1.807, 2.05) is 42.8 Å². The molecule has 0 saturated carbocycles. The van der Waals surface area contributed by atoms with Gasteiger partial charge >= 0.3 is 0 Å². The largest absolute Gasteiger partial charge is 0.352 e. The molecule has 4 rings (SSSR count). The van der Waals surface area contributed by atoms with Crippen molar-refractivity contribution in [2.45, 2.75) is 59.2 Å². The first kappa shape index (κ1) is 21.0. The third-order valence-electron chi connectivity index (χ3n) is 5.61. The van der Waals surface area contributed by atoms with Crippen molar-refractivity contribution >= 4 is 17.5 Å². The van der Waals surface area contributed by atoms with E-state index in [1.165, 1.54) is 0 Å². The summed E-state index contributed by atoms with van der Waals surface area (Å²) in [5, 5.41) is 14.4. The smallest absolute Gasteiger partial charge is 0.295 e. The van der Waals surface area contributed by atoms with Crippen LogP contribution in [0.25, 0.3) is 0 Å². The molecule has 1 aliphatic rings. The molecule has 10 heteroatoms. The van der Waals surface area contributed by atoms with E-state index in [0.717, 1.165) is 21.5 Å². The standard InChI is InChI=1S/C21H25F2N7O/c1-11-7-5-6-8-15(11)10-29-14(4)17(13(3)27-29)25-20(31)19-26-21-24-12(2)9-16(18(22)23)30(21)28-19/h5-8,12,16,18H,9-10H2,1-4H3,(H,25,31)(H,24,26,28)/t12-,16-/m1/s1. The Morgan fingerprint density at radius 3 is 2.71 bits per heavy atom. The summed E-state index contributed by atoms with van der Waals surface area (Å²) in [5.74, 6) is -0.545. The normalized spacial score (nSPS) is 18.0. The summed E-state index contributed by atoms with van der Waals surface area (Å²) in [6.07, 6.45) is -2.39. The minimum Gasteiger partial charge on any atom is -0.352 e. The van der Waals surface area contributed by atoms with Gasteiger partial charge in [-0.2, -0.15) is 10.1 Å². The molecule has 31 heavy (non-hydrogen) atoms. The number of nitrogens with zero attached hydrogens (tertiary/aromatic N) is 5. The summed E-state index contributed by atoms with van der Waals surface area (Å²) in [6.45, 7) is 8.08. The molecule has 0 fully saturated rings. The number of halogens is 2. The number of anilines is 2. The first-order valence-electron chi connectivity index (χ1n) is 10.2. The summed E-state index contributed by atoms with van der Waals surface area (Å²) in [4.78, 5) is 17.0. The van der Waals surface area contributed by atoms with Crippen molar-refractivity contribution in [1.29, 1.82) is 0 Å². The van der Waals surface area contributed by atoms with E-state index in [4.69, 9.17) is 0 Å². The SMILES string of the molecule is Cc1ccccc1Cn1nc(C)c(NC(=O)c2nc3n(n2)[C@@H](C(F)F)C[C@@H](C)N3)c1C. The predicted molar refractivity (Wildman–Crippen MR) is 113 cm³/mol. The van der Waals surface area contributed by atoms with Crippen molar-refractivity contribution in [3.8, 4) is 0 Å². The van der Waals surface area contributed by atoms with Gasteiger partial charge in [-0.05, 0) is 45.2 Å². The van der Waals surface area contributed by atoms with Gasteiger partial charge in [-0.1, -0.05) is 24.3 Å². The van der Waals surface area contributed by atoms with Crippen molar-refractivity contribution in [1.82, 2.24) is 24.5 Å². The number of fused-ring (bicyclic) bond motifs is 1. The minimum absolute atomic E-state index is 0.160. The lowest BCUT2D eigenvalue weighted by Gasteiger charge is -2.28. The number of nitrogens with one attached hydrogen (secondary N) is 2. The van der Waals surface area contributed by atoms with Crippen LogP contribution >= 0.6 is 0 Å². The highest BCUT2D eigenvalue weighted by Gasteiger charge is 2.34. The molecule has 2 aromatic heterocycles. The lowest BCUT2D eigenvalue weighted by molar-refractivity contribution is 0.0662. The number of aromatic nitrogens is 5. The first-order chi connectivity index (χ1) is 14.7. The highest BCUT2D eigenvalue weighted by atomic mass is 19.3. The molecule has 3 aromatic rings. The number of alkyl halides is 2. The van der Waals surface area contributed by atoms with Crippen LogP contribution in [0, 0.1) is 20.8 Å². The Labute approximate surface area is 178 Å². The molecule has 1 aromatic carbocycles. The van der Waals surface area contributed by atoms with Crippen LogP contribution in [0.1, 0.15) is 52.5 Å². The van der Waals surface area contributed by atoms with E-state index in [-0.39, 0.29) is 24.2 Å². The van der Waals surface area contributed by atoms with Crippen molar-refractivity contribution in [3.63, 3.8) is 0 Å². The zero-order chi connectivity index (χ0) is 22.3. The van der Waals surface area contributed by atoms with Crippen LogP contribution in [0.4, 0.5) is 20.4 Å². The number of hydrogen-bond acceptors (Lipinski definition) is 5.